The highest BCUT2D eigenvalue weighted by atomic mass is 16.5. The fourth-order valence-electron chi connectivity index (χ4n) is 2.61. The smallest absolute Gasteiger partial charge is 0.122 e. The summed E-state index contributed by atoms with van der Waals surface area (Å²) in [5, 5.41) is 0. The number of aryl methyl sites for hydroxylation is 1. The Hall–Kier alpha value is -1.24. The van der Waals surface area contributed by atoms with E-state index in [9.17, 15) is 0 Å². The molecule has 0 spiro atoms. The Morgan fingerprint density at radius 1 is 1.09 bits per heavy atom. The van der Waals surface area contributed by atoms with Crippen molar-refractivity contribution in [1.29, 1.82) is 0 Å². The second kappa shape index (κ2) is 12.3. The molecule has 0 heterocycles. The van der Waals surface area contributed by atoms with Crippen LogP contribution in [0.15, 0.2) is 36.9 Å². The van der Waals surface area contributed by atoms with Gasteiger partial charge in [-0.3, -0.25) is 0 Å². The summed E-state index contributed by atoms with van der Waals surface area (Å²) < 4.78 is 5.96. The van der Waals surface area contributed by atoms with Gasteiger partial charge < -0.3 is 4.74 Å². The Morgan fingerprint density at radius 3 is 2.68 bits per heavy atom. The van der Waals surface area contributed by atoms with Crippen LogP contribution in [-0.2, 0) is 6.42 Å². The normalized spacial score (nSPS) is 12.1. The zero-order valence-corrected chi connectivity index (χ0v) is 14.7. The SMILES string of the molecule is C=CCCCCOc1ccccc1CCCCCC(C)CC. The quantitative estimate of drug-likeness (QED) is 0.296. The Balaban J connectivity index is 2.26. The van der Waals surface area contributed by atoms with Gasteiger partial charge in [0.2, 0.25) is 0 Å². The van der Waals surface area contributed by atoms with E-state index in [0.29, 0.717) is 0 Å². The van der Waals surface area contributed by atoms with Crippen molar-refractivity contribution in [2.75, 3.05) is 6.61 Å². The van der Waals surface area contributed by atoms with Crippen LogP contribution in [-0.4, -0.2) is 6.61 Å². The van der Waals surface area contributed by atoms with Gasteiger partial charge in [-0.05, 0) is 49.7 Å². The first-order chi connectivity index (χ1) is 10.8. The number of ether oxygens (including phenoxy) is 1. The summed E-state index contributed by atoms with van der Waals surface area (Å²) in [6.45, 7) is 9.21. The summed E-state index contributed by atoms with van der Waals surface area (Å²) in [5.41, 5.74) is 1.37. The molecule has 0 aliphatic heterocycles. The molecule has 0 saturated heterocycles. The number of benzene rings is 1. The van der Waals surface area contributed by atoms with Crippen molar-refractivity contribution < 1.29 is 4.74 Å². The fraction of sp³-hybridized carbons (Fsp3) is 0.619. The molecule has 0 N–H and O–H groups in total. The summed E-state index contributed by atoms with van der Waals surface area (Å²) in [6.07, 6.45) is 13.1. The minimum atomic E-state index is 0.818. The van der Waals surface area contributed by atoms with Crippen LogP contribution < -0.4 is 4.74 Å². The van der Waals surface area contributed by atoms with Gasteiger partial charge in [-0.2, -0.15) is 0 Å². The molecule has 1 heteroatoms. The van der Waals surface area contributed by atoms with Gasteiger partial charge in [-0.1, -0.05) is 63.8 Å². The Bertz CT molecular complexity index is 397. The predicted octanol–water partition coefficient (Wildman–Crippen LogP) is 6.57. The first-order valence-corrected chi connectivity index (χ1v) is 9.09. The minimum absolute atomic E-state index is 0.818. The number of hydrogen-bond donors (Lipinski definition) is 0. The van der Waals surface area contributed by atoms with Crippen molar-refractivity contribution in [3.63, 3.8) is 0 Å². The van der Waals surface area contributed by atoms with Gasteiger partial charge in [-0.25, -0.2) is 0 Å². The molecule has 0 radical (unpaired) electrons. The minimum Gasteiger partial charge on any atom is -0.493 e. The largest absolute Gasteiger partial charge is 0.493 e. The molecular formula is C21H34O. The molecule has 0 aromatic heterocycles. The second-order valence-corrected chi connectivity index (χ2v) is 6.35. The topological polar surface area (TPSA) is 9.23 Å². The molecule has 0 aliphatic carbocycles. The van der Waals surface area contributed by atoms with Gasteiger partial charge in [0.05, 0.1) is 6.61 Å². The zero-order valence-electron chi connectivity index (χ0n) is 14.7. The van der Waals surface area contributed by atoms with Crippen LogP contribution in [0.5, 0.6) is 5.75 Å². The maximum atomic E-state index is 5.96. The molecule has 0 bridgehead atoms. The zero-order chi connectivity index (χ0) is 16.0. The Morgan fingerprint density at radius 2 is 1.91 bits per heavy atom. The number of rotatable bonds is 13. The van der Waals surface area contributed by atoms with Crippen LogP contribution in [0, 0.1) is 5.92 Å². The van der Waals surface area contributed by atoms with Gasteiger partial charge in [0.15, 0.2) is 0 Å². The molecule has 0 saturated carbocycles. The van der Waals surface area contributed by atoms with E-state index in [-0.39, 0.29) is 0 Å². The van der Waals surface area contributed by atoms with E-state index >= 15 is 0 Å². The molecule has 0 aliphatic rings. The predicted molar refractivity (Wildman–Crippen MR) is 97.6 cm³/mol. The van der Waals surface area contributed by atoms with Crippen LogP contribution in [0.4, 0.5) is 0 Å². The number of unbranched alkanes of at least 4 members (excludes halogenated alkanes) is 4. The van der Waals surface area contributed by atoms with Gasteiger partial charge in [-0.15, -0.1) is 6.58 Å². The summed E-state index contributed by atoms with van der Waals surface area (Å²) in [7, 11) is 0. The lowest BCUT2D eigenvalue weighted by atomic mass is 9.99. The molecule has 0 amide bonds. The number of allylic oxidation sites excluding steroid dienone is 1. The lowest BCUT2D eigenvalue weighted by Gasteiger charge is -2.12. The average molecular weight is 303 g/mol. The molecule has 124 valence electrons. The lowest BCUT2D eigenvalue weighted by Crippen LogP contribution is -2.00. The monoisotopic (exact) mass is 302 g/mol. The summed E-state index contributed by atoms with van der Waals surface area (Å²) in [5.74, 6) is 1.97. The van der Waals surface area contributed by atoms with E-state index in [0.717, 1.165) is 37.5 Å². The highest BCUT2D eigenvalue weighted by Gasteiger charge is 2.03. The van der Waals surface area contributed by atoms with Crippen LogP contribution in [0.1, 0.15) is 70.8 Å². The molecule has 0 fully saturated rings. The van der Waals surface area contributed by atoms with Crippen molar-refractivity contribution in [3.8, 4) is 5.75 Å². The molecule has 1 nitrogen and oxygen atoms in total. The van der Waals surface area contributed by atoms with Crippen molar-refractivity contribution in [3.05, 3.63) is 42.5 Å². The standard InChI is InChI=1S/C21H34O/c1-4-6-7-13-18-22-21-17-12-11-16-20(21)15-10-8-9-14-19(3)5-2/h4,11-12,16-17,19H,1,5-10,13-15,18H2,2-3H3. The van der Waals surface area contributed by atoms with E-state index in [1.807, 2.05) is 6.08 Å². The highest BCUT2D eigenvalue weighted by molar-refractivity contribution is 5.33. The van der Waals surface area contributed by atoms with E-state index in [2.05, 4.69) is 44.7 Å². The van der Waals surface area contributed by atoms with E-state index < -0.39 is 0 Å². The van der Waals surface area contributed by atoms with Gasteiger partial charge in [0, 0.05) is 0 Å². The fourth-order valence-corrected chi connectivity index (χ4v) is 2.61. The molecule has 1 atom stereocenters. The Kier molecular flexibility index (Phi) is 10.5. The summed E-state index contributed by atoms with van der Waals surface area (Å²) in [4.78, 5) is 0. The third-order valence-electron chi connectivity index (χ3n) is 4.37. The van der Waals surface area contributed by atoms with E-state index in [4.69, 9.17) is 4.74 Å². The van der Waals surface area contributed by atoms with Crippen LogP contribution >= 0.6 is 0 Å². The Labute approximate surface area is 137 Å². The van der Waals surface area contributed by atoms with Crippen molar-refractivity contribution in [1.82, 2.24) is 0 Å². The summed E-state index contributed by atoms with van der Waals surface area (Å²) >= 11 is 0. The second-order valence-electron chi connectivity index (χ2n) is 6.35. The van der Waals surface area contributed by atoms with Crippen LogP contribution in [0.2, 0.25) is 0 Å². The third kappa shape index (κ3) is 8.26. The van der Waals surface area contributed by atoms with Crippen molar-refractivity contribution in [2.24, 2.45) is 5.92 Å². The molecule has 1 aromatic carbocycles. The van der Waals surface area contributed by atoms with Gasteiger partial charge in [0.25, 0.3) is 0 Å². The molecular weight excluding hydrogens is 268 g/mol. The van der Waals surface area contributed by atoms with Gasteiger partial charge >= 0.3 is 0 Å². The van der Waals surface area contributed by atoms with Crippen molar-refractivity contribution in [2.45, 2.75) is 71.6 Å². The molecule has 22 heavy (non-hydrogen) atoms. The van der Waals surface area contributed by atoms with E-state index in [1.54, 1.807) is 0 Å². The maximum Gasteiger partial charge on any atom is 0.122 e. The van der Waals surface area contributed by atoms with E-state index in [1.165, 1.54) is 44.1 Å². The van der Waals surface area contributed by atoms with Crippen molar-refractivity contribution >= 4 is 0 Å². The molecule has 1 rings (SSSR count). The lowest BCUT2D eigenvalue weighted by molar-refractivity contribution is 0.304. The average Bonchev–Trinajstić information content (AvgIpc) is 2.55. The molecule has 1 unspecified atom stereocenters. The number of hydrogen-bond acceptors (Lipinski definition) is 1. The highest BCUT2D eigenvalue weighted by Crippen LogP contribution is 2.21. The maximum absolute atomic E-state index is 5.96. The van der Waals surface area contributed by atoms with Gasteiger partial charge in [0.1, 0.15) is 5.75 Å². The van der Waals surface area contributed by atoms with Crippen LogP contribution in [0.3, 0.4) is 0 Å². The van der Waals surface area contributed by atoms with Crippen LogP contribution in [0.25, 0.3) is 0 Å². The summed E-state index contributed by atoms with van der Waals surface area (Å²) in [6, 6.07) is 8.53. The first kappa shape index (κ1) is 18.8. The molecule has 1 aromatic rings. The third-order valence-corrected chi connectivity index (χ3v) is 4.37. The number of para-hydroxylation sites is 1. The first-order valence-electron chi connectivity index (χ1n) is 9.09.